The number of ether oxygens (including phenoxy) is 2. The number of hydrogen-bond acceptors (Lipinski definition) is 7. The molecule has 0 bridgehead atoms. The molecule has 1 spiro atoms. The molecular weight excluding hydrogens is 468 g/mol. The Morgan fingerprint density at radius 3 is 2.73 bits per heavy atom. The van der Waals surface area contributed by atoms with Gasteiger partial charge in [0.1, 0.15) is 29.8 Å². The highest BCUT2D eigenvalue weighted by molar-refractivity contribution is 7.89. The SMILES string of the molecule is CS(=O)(=O)NC(=O)c1ccccc1OC[C@H](O)CN1CCC2(CC1)Cc1cc(Cl)ccc1O2. The first-order chi connectivity index (χ1) is 15.6. The molecule has 2 aliphatic heterocycles. The lowest BCUT2D eigenvalue weighted by Crippen LogP contribution is -2.49. The third-order valence-electron chi connectivity index (χ3n) is 5.94. The largest absolute Gasteiger partial charge is 0.490 e. The predicted molar refractivity (Wildman–Crippen MR) is 124 cm³/mol. The van der Waals surface area contributed by atoms with Gasteiger partial charge in [0.25, 0.3) is 5.91 Å². The van der Waals surface area contributed by atoms with Crippen LogP contribution in [0.25, 0.3) is 0 Å². The minimum atomic E-state index is -3.70. The van der Waals surface area contributed by atoms with Gasteiger partial charge in [-0.25, -0.2) is 13.1 Å². The first kappa shape index (κ1) is 23.8. The standard InChI is InChI=1S/C23H27ClN2O6S/c1-33(29,30)25-22(28)19-4-2-3-5-21(19)31-15-18(27)14-26-10-8-23(9-11-26)13-16-12-17(24)6-7-20(16)32-23/h2-7,12,18,27H,8-11,13-15H2,1H3,(H,25,28)/t18-/m1/s1. The number of nitrogens with zero attached hydrogens (tertiary/aromatic N) is 1. The Bertz CT molecular complexity index is 1130. The number of halogens is 1. The molecule has 1 amide bonds. The highest BCUT2D eigenvalue weighted by Crippen LogP contribution is 2.41. The Morgan fingerprint density at radius 1 is 1.27 bits per heavy atom. The fourth-order valence-electron chi connectivity index (χ4n) is 4.36. The van der Waals surface area contributed by atoms with Crippen LogP contribution in [0, 0.1) is 0 Å². The zero-order valence-electron chi connectivity index (χ0n) is 18.3. The second-order valence-corrected chi connectivity index (χ2v) is 10.9. The highest BCUT2D eigenvalue weighted by Gasteiger charge is 2.42. The number of carbonyl (C=O) groups excluding carboxylic acids is 1. The van der Waals surface area contributed by atoms with E-state index in [-0.39, 0.29) is 23.5 Å². The third kappa shape index (κ3) is 5.97. The lowest BCUT2D eigenvalue weighted by Gasteiger charge is -2.39. The molecule has 2 heterocycles. The van der Waals surface area contributed by atoms with Crippen LogP contribution in [-0.2, 0) is 16.4 Å². The molecule has 33 heavy (non-hydrogen) atoms. The van der Waals surface area contributed by atoms with E-state index in [1.807, 2.05) is 22.9 Å². The van der Waals surface area contributed by atoms with Crippen LogP contribution in [0.2, 0.25) is 5.02 Å². The fourth-order valence-corrected chi connectivity index (χ4v) is 5.01. The second-order valence-electron chi connectivity index (χ2n) is 8.68. The van der Waals surface area contributed by atoms with E-state index in [1.54, 1.807) is 18.2 Å². The Hall–Kier alpha value is -2.33. The number of fused-ring (bicyclic) bond motifs is 1. The maximum Gasteiger partial charge on any atom is 0.268 e. The van der Waals surface area contributed by atoms with Crippen LogP contribution in [-0.4, -0.2) is 68.5 Å². The van der Waals surface area contributed by atoms with Crippen molar-refractivity contribution in [3.05, 3.63) is 58.6 Å². The van der Waals surface area contributed by atoms with Gasteiger partial charge in [-0.15, -0.1) is 0 Å². The van der Waals surface area contributed by atoms with Crippen LogP contribution in [0.5, 0.6) is 11.5 Å². The highest BCUT2D eigenvalue weighted by atomic mass is 35.5. The van der Waals surface area contributed by atoms with Gasteiger partial charge in [0.05, 0.1) is 11.8 Å². The number of β-amino-alcohol motifs (C(OH)–C–C–N with tert-alkyl or cyclic N) is 1. The van der Waals surface area contributed by atoms with Gasteiger partial charge in [-0.2, -0.15) is 0 Å². The van der Waals surface area contributed by atoms with E-state index >= 15 is 0 Å². The topological polar surface area (TPSA) is 105 Å². The number of aliphatic hydroxyl groups excluding tert-OH is 1. The minimum absolute atomic E-state index is 0.0226. The predicted octanol–water partition coefficient (Wildman–Crippen LogP) is 2.24. The van der Waals surface area contributed by atoms with Crippen molar-refractivity contribution in [2.45, 2.75) is 31.0 Å². The van der Waals surface area contributed by atoms with Gasteiger partial charge in [0, 0.05) is 43.9 Å². The average molecular weight is 495 g/mol. The molecule has 0 saturated carbocycles. The molecule has 2 aromatic rings. The molecule has 0 aliphatic carbocycles. The van der Waals surface area contributed by atoms with Crippen LogP contribution in [0.4, 0.5) is 0 Å². The van der Waals surface area contributed by atoms with E-state index in [1.165, 1.54) is 6.07 Å². The number of para-hydroxylation sites is 1. The lowest BCUT2D eigenvalue weighted by atomic mass is 9.87. The number of aliphatic hydroxyl groups is 1. The van der Waals surface area contributed by atoms with E-state index in [0.717, 1.165) is 49.9 Å². The van der Waals surface area contributed by atoms with E-state index in [4.69, 9.17) is 21.1 Å². The van der Waals surface area contributed by atoms with Gasteiger partial charge in [0.15, 0.2) is 0 Å². The maximum atomic E-state index is 12.2. The molecule has 1 saturated heterocycles. The number of hydrogen-bond donors (Lipinski definition) is 2. The number of amides is 1. The summed E-state index contributed by atoms with van der Waals surface area (Å²) < 4.78 is 36.6. The molecule has 1 atom stereocenters. The zero-order chi connectivity index (χ0) is 23.6. The van der Waals surface area contributed by atoms with E-state index in [9.17, 15) is 18.3 Å². The normalized spacial score (nSPS) is 18.4. The molecular formula is C23H27ClN2O6S. The van der Waals surface area contributed by atoms with Crippen molar-refractivity contribution in [1.82, 2.24) is 9.62 Å². The quantitative estimate of drug-likeness (QED) is 0.608. The van der Waals surface area contributed by atoms with Crippen LogP contribution in [0.3, 0.4) is 0 Å². The number of carbonyl (C=O) groups is 1. The first-order valence-corrected chi connectivity index (χ1v) is 13.0. The smallest absolute Gasteiger partial charge is 0.268 e. The molecule has 0 unspecified atom stereocenters. The summed E-state index contributed by atoms with van der Waals surface area (Å²) in [6.45, 7) is 1.97. The molecule has 10 heteroatoms. The average Bonchev–Trinajstić information content (AvgIpc) is 3.10. The molecule has 0 radical (unpaired) electrons. The third-order valence-corrected chi connectivity index (χ3v) is 6.73. The number of piperidine rings is 1. The van der Waals surface area contributed by atoms with Gasteiger partial charge in [-0.3, -0.25) is 4.79 Å². The molecule has 2 N–H and O–H groups in total. The second kappa shape index (κ2) is 9.50. The van der Waals surface area contributed by atoms with Crippen LogP contribution < -0.4 is 14.2 Å². The summed E-state index contributed by atoms with van der Waals surface area (Å²) in [6.07, 6.45) is 2.67. The number of rotatable bonds is 7. The van der Waals surface area contributed by atoms with Crippen molar-refractivity contribution in [3.63, 3.8) is 0 Å². The van der Waals surface area contributed by atoms with E-state index in [0.29, 0.717) is 11.6 Å². The summed E-state index contributed by atoms with van der Waals surface area (Å²) in [5, 5.41) is 11.2. The maximum absolute atomic E-state index is 12.2. The van der Waals surface area contributed by atoms with Gasteiger partial charge < -0.3 is 19.5 Å². The zero-order valence-corrected chi connectivity index (χ0v) is 19.9. The van der Waals surface area contributed by atoms with Crippen molar-refractivity contribution in [2.24, 2.45) is 0 Å². The van der Waals surface area contributed by atoms with Gasteiger partial charge in [-0.1, -0.05) is 23.7 Å². The fraction of sp³-hybridized carbons (Fsp3) is 0.435. The monoisotopic (exact) mass is 494 g/mol. The van der Waals surface area contributed by atoms with Crippen molar-refractivity contribution in [3.8, 4) is 11.5 Å². The van der Waals surface area contributed by atoms with Crippen LogP contribution in [0.1, 0.15) is 28.8 Å². The number of likely N-dealkylation sites (tertiary alicyclic amines) is 1. The molecule has 178 valence electrons. The molecule has 2 aliphatic rings. The number of nitrogens with one attached hydrogen (secondary N) is 1. The molecule has 0 aromatic heterocycles. The molecule has 4 rings (SSSR count). The summed E-state index contributed by atoms with van der Waals surface area (Å²) in [4.78, 5) is 14.4. The van der Waals surface area contributed by atoms with Crippen molar-refractivity contribution in [1.29, 1.82) is 0 Å². The summed E-state index contributed by atoms with van der Waals surface area (Å²) in [7, 11) is -3.70. The first-order valence-electron chi connectivity index (χ1n) is 10.7. The Balaban J connectivity index is 1.27. The Morgan fingerprint density at radius 2 is 2.00 bits per heavy atom. The van der Waals surface area contributed by atoms with E-state index < -0.39 is 22.0 Å². The van der Waals surface area contributed by atoms with Crippen molar-refractivity contribution in [2.75, 3.05) is 32.5 Å². The summed E-state index contributed by atoms with van der Waals surface area (Å²) in [5.41, 5.74) is 1.02. The Labute approximate surface area is 198 Å². The summed E-state index contributed by atoms with van der Waals surface area (Å²) in [6, 6.07) is 12.1. The lowest BCUT2D eigenvalue weighted by molar-refractivity contribution is -0.00199. The van der Waals surface area contributed by atoms with Gasteiger partial charge in [-0.05, 0) is 35.9 Å². The van der Waals surface area contributed by atoms with Crippen molar-refractivity contribution >= 4 is 27.5 Å². The van der Waals surface area contributed by atoms with Gasteiger partial charge in [0.2, 0.25) is 10.0 Å². The van der Waals surface area contributed by atoms with Crippen LogP contribution in [0.15, 0.2) is 42.5 Å². The summed E-state index contributed by atoms with van der Waals surface area (Å²) >= 11 is 6.11. The number of benzene rings is 2. The molecule has 8 nitrogen and oxygen atoms in total. The number of sulfonamides is 1. The minimum Gasteiger partial charge on any atom is -0.490 e. The Kier molecular flexibility index (Phi) is 6.86. The van der Waals surface area contributed by atoms with E-state index in [2.05, 4.69) is 4.90 Å². The molecule has 2 aromatic carbocycles. The van der Waals surface area contributed by atoms with Crippen molar-refractivity contribution < 1.29 is 27.8 Å². The molecule has 1 fully saturated rings. The van der Waals surface area contributed by atoms with Crippen LogP contribution >= 0.6 is 11.6 Å². The van der Waals surface area contributed by atoms with Gasteiger partial charge >= 0.3 is 0 Å². The summed E-state index contributed by atoms with van der Waals surface area (Å²) in [5.74, 6) is 0.341.